The van der Waals surface area contributed by atoms with Crippen molar-refractivity contribution in [3.05, 3.63) is 54.1 Å². The molecule has 0 bridgehead atoms. The lowest BCUT2D eigenvalue weighted by Crippen LogP contribution is -2.11. The van der Waals surface area contributed by atoms with Gasteiger partial charge in [0.15, 0.2) is 0 Å². The summed E-state index contributed by atoms with van der Waals surface area (Å²) >= 11 is 0. The standard InChI is InChI=1S/C18H24N2/c1-14(13-19)11-12-15-7-3-4-8-16(15)17-9-5-6-10-18(17)20-2/h3-10,14,20H,11-13,19H2,1-2H3. The smallest absolute Gasteiger partial charge is 0.0417 e. The first-order valence-electron chi connectivity index (χ1n) is 7.31. The predicted molar refractivity (Wildman–Crippen MR) is 88.0 cm³/mol. The summed E-state index contributed by atoms with van der Waals surface area (Å²) in [5, 5.41) is 3.28. The molecule has 0 amide bonds. The lowest BCUT2D eigenvalue weighted by atomic mass is 9.93. The third-order valence-corrected chi connectivity index (χ3v) is 3.81. The third kappa shape index (κ3) is 3.40. The summed E-state index contributed by atoms with van der Waals surface area (Å²) in [6.07, 6.45) is 2.21. The monoisotopic (exact) mass is 268 g/mol. The van der Waals surface area contributed by atoms with E-state index in [0.717, 1.165) is 19.4 Å². The van der Waals surface area contributed by atoms with E-state index in [1.807, 2.05) is 7.05 Å². The molecule has 2 nitrogen and oxygen atoms in total. The van der Waals surface area contributed by atoms with Gasteiger partial charge in [-0.15, -0.1) is 0 Å². The van der Waals surface area contributed by atoms with E-state index in [1.54, 1.807) is 0 Å². The molecule has 0 aliphatic rings. The van der Waals surface area contributed by atoms with Gasteiger partial charge in [-0.25, -0.2) is 0 Å². The van der Waals surface area contributed by atoms with Gasteiger partial charge < -0.3 is 11.1 Å². The van der Waals surface area contributed by atoms with Crippen LogP contribution in [0.4, 0.5) is 5.69 Å². The van der Waals surface area contributed by atoms with Crippen molar-refractivity contribution < 1.29 is 0 Å². The maximum absolute atomic E-state index is 5.72. The molecule has 0 aliphatic heterocycles. The fourth-order valence-corrected chi connectivity index (χ4v) is 2.46. The van der Waals surface area contributed by atoms with Crippen LogP contribution in [0, 0.1) is 5.92 Å². The first kappa shape index (κ1) is 14.6. The van der Waals surface area contributed by atoms with Crippen molar-refractivity contribution in [3.8, 4) is 11.1 Å². The second-order valence-corrected chi connectivity index (χ2v) is 5.33. The highest BCUT2D eigenvalue weighted by molar-refractivity contribution is 5.79. The Morgan fingerprint density at radius 1 is 1.00 bits per heavy atom. The van der Waals surface area contributed by atoms with Crippen molar-refractivity contribution in [3.63, 3.8) is 0 Å². The first-order valence-corrected chi connectivity index (χ1v) is 7.31. The van der Waals surface area contributed by atoms with E-state index < -0.39 is 0 Å². The Bertz CT molecular complexity index is 549. The minimum Gasteiger partial charge on any atom is -0.388 e. The van der Waals surface area contributed by atoms with Crippen molar-refractivity contribution in [1.82, 2.24) is 0 Å². The number of rotatable bonds is 6. The summed E-state index contributed by atoms with van der Waals surface area (Å²) in [6.45, 7) is 2.97. The lowest BCUT2D eigenvalue weighted by Gasteiger charge is -2.15. The highest BCUT2D eigenvalue weighted by atomic mass is 14.8. The summed E-state index contributed by atoms with van der Waals surface area (Å²) in [5.74, 6) is 0.572. The van der Waals surface area contributed by atoms with Gasteiger partial charge in [-0.1, -0.05) is 49.4 Å². The van der Waals surface area contributed by atoms with Crippen LogP contribution in [0.3, 0.4) is 0 Å². The molecular weight excluding hydrogens is 244 g/mol. The highest BCUT2D eigenvalue weighted by Crippen LogP contribution is 2.31. The molecule has 0 saturated carbocycles. The maximum Gasteiger partial charge on any atom is 0.0417 e. The lowest BCUT2D eigenvalue weighted by molar-refractivity contribution is 0.545. The molecule has 2 aromatic carbocycles. The van der Waals surface area contributed by atoms with E-state index in [4.69, 9.17) is 5.73 Å². The number of hydrogen-bond acceptors (Lipinski definition) is 2. The van der Waals surface area contributed by atoms with E-state index in [2.05, 4.69) is 60.8 Å². The molecule has 0 fully saturated rings. The Balaban J connectivity index is 2.32. The van der Waals surface area contributed by atoms with E-state index in [9.17, 15) is 0 Å². The minimum atomic E-state index is 0.572. The molecule has 2 aromatic rings. The number of hydrogen-bond donors (Lipinski definition) is 2. The predicted octanol–water partition coefficient (Wildman–Crippen LogP) is 3.92. The highest BCUT2D eigenvalue weighted by Gasteiger charge is 2.09. The van der Waals surface area contributed by atoms with Crippen LogP contribution in [0.15, 0.2) is 48.5 Å². The Labute approximate surface area is 122 Å². The zero-order valence-electron chi connectivity index (χ0n) is 12.4. The molecule has 1 unspecified atom stereocenters. The van der Waals surface area contributed by atoms with Crippen molar-refractivity contribution in [2.75, 3.05) is 18.9 Å². The molecule has 0 heterocycles. The van der Waals surface area contributed by atoms with Crippen molar-refractivity contribution >= 4 is 5.69 Å². The molecule has 0 aliphatic carbocycles. The van der Waals surface area contributed by atoms with Crippen LogP contribution in [0.5, 0.6) is 0 Å². The average Bonchev–Trinajstić information content (AvgIpc) is 2.52. The summed E-state index contributed by atoms with van der Waals surface area (Å²) in [7, 11) is 1.97. The van der Waals surface area contributed by atoms with Gasteiger partial charge in [-0.2, -0.15) is 0 Å². The number of benzene rings is 2. The van der Waals surface area contributed by atoms with Crippen LogP contribution in [-0.4, -0.2) is 13.6 Å². The molecule has 0 saturated heterocycles. The average molecular weight is 268 g/mol. The quantitative estimate of drug-likeness (QED) is 0.833. The molecule has 0 radical (unpaired) electrons. The summed E-state index contributed by atoms with van der Waals surface area (Å²) in [4.78, 5) is 0. The Morgan fingerprint density at radius 2 is 1.65 bits per heavy atom. The second kappa shape index (κ2) is 7.11. The largest absolute Gasteiger partial charge is 0.388 e. The molecule has 3 N–H and O–H groups in total. The van der Waals surface area contributed by atoms with E-state index in [0.29, 0.717) is 5.92 Å². The molecular formula is C18H24N2. The zero-order chi connectivity index (χ0) is 14.4. The van der Waals surface area contributed by atoms with Crippen LogP contribution in [-0.2, 0) is 6.42 Å². The van der Waals surface area contributed by atoms with Gasteiger partial charge in [-0.3, -0.25) is 0 Å². The topological polar surface area (TPSA) is 38.0 Å². The number of nitrogens with one attached hydrogen (secondary N) is 1. The van der Waals surface area contributed by atoms with Crippen LogP contribution in [0.1, 0.15) is 18.9 Å². The van der Waals surface area contributed by atoms with Crippen LogP contribution in [0.25, 0.3) is 11.1 Å². The first-order chi connectivity index (χ1) is 9.76. The summed E-state index contributed by atoms with van der Waals surface area (Å²) in [5.41, 5.74) is 10.9. The Hall–Kier alpha value is -1.80. The normalized spacial score (nSPS) is 12.2. The summed E-state index contributed by atoms with van der Waals surface area (Å²) < 4.78 is 0. The van der Waals surface area contributed by atoms with Crippen molar-refractivity contribution in [2.24, 2.45) is 11.7 Å². The molecule has 20 heavy (non-hydrogen) atoms. The van der Waals surface area contributed by atoms with Gasteiger partial charge >= 0.3 is 0 Å². The SMILES string of the molecule is CNc1ccccc1-c1ccccc1CCC(C)CN. The Kier molecular flexibility index (Phi) is 5.19. The maximum atomic E-state index is 5.72. The van der Waals surface area contributed by atoms with Gasteiger partial charge in [0.1, 0.15) is 0 Å². The van der Waals surface area contributed by atoms with Crippen molar-refractivity contribution in [2.45, 2.75) is 19.8 Å². The molecule has 0 aromatic heterocycles. The molecule has 1 atom stereocenters. The van der Waals surface area contributed by atoms with Crippen LogP contribution >= 0.6 is 0 Å². The summed E-state index contributed by atoms with van der Waals surface area (Å²) in [6, 6.07) is 17.1. The molecule has 0 spiro atoms. The molecule has 106 valence electrons. The van der Waals surface area contributed by atoms with Crippen molar-refractivity contribution in [1.29, 1.82) is 0 Å². The minimum absolute atomic E-state index is 0.572. The van der Waals surface area contributed by atoms with E-state index in [-0.39, 0.29) is 0 Å². The van der Waals surface area contributed by atoms with Crippen LogP contribution in [0.2, 0.25) is 0 Å². The van der Waals surface area contributed by atoms with E-state index in [1.165, 1.54) is 22.4 Å². The van der Waals surface area contributed by atoms with E-state index >= 15 is 0 Å². The van der Waals surface area contributed by atoms with Gasteiger partial charge in [-0.05, 0) is 42.5 Å². The fourth-order valence-electron chi connectivity index (χ4n) is 2.46. The third-order valence-electron chi connectivity index (χ3n) is 3.81. The van der Waals surface area contributed by atoms with Gasteiger partial charge in [0.05, 0.1) is 0 Å². The Morgan fingerprint density at radius 3 is 2.35 bits per heavy atom. The van der Waals surface area contributed by atoms with Crippen LogP contribution < -0.4 is 11.1 Å². The number of aryl methyl sites for hydroxylation is 1. The van der Waals surface area contributed by atoms with Gasteiger partial charge in [0, 0.05) is 18.3 Å². The zero-order valence-corrected chi connectivity index (χ0v) is 12.4. The number of nitrogens with two attached hydrogens (primary N) is 1. The number of anilines is 1. The fraction of sp³-hybridized carbons (Fsp3) is 0.333. The second-order valence-electron chi connectivity index (χ2n) is 5.33. The number of para-hydroxylation sites is 1. The van der Waals surface area contributed by atoms with Gasteiger partial charge in [0.25, 0.3) is 0 Å². The molecule has 2 rings (SSSR count). The van der Waals surface area contributed by atoms with Gasteiger partial charge in [0.2, 0.25) is 0 Å². The molecule has 2 heteroatoms.